The number of nitrogens with zero attached hydrogens (tertiary/aromatic N) is 2. The summed E-state index contributed by atoms with van der Waals surface area (Å²) in [6.45, 7) is 11.8. The first kappa shape index (κ1) is 24.5. The van der Waals surface area contributed by atoms with Crippen molar-refractivity contribution in [1.82, 2.24) is 9.80 Å². The van der Waals surface area contributed by atoms with E-state index >= 15 is 0 Å². The first-order valence-electron chi connectivity index (χ1n) is 12.3. The molecule has 1 aliphatic carbocycles. The van der Waals surface area contributed by atoms with Crippen molar-refractivity contribution < 1.29 is 18.4 Å². The number of amides is 2. The van der Waals surface area contributed by atoms with Gasteiger partial charge in [0.05, 0.1) is 11.8 Å². The van der Waals surface area contributed by atoms with Crippen molar-refractivity contribution in [2.75, 3.05) is 20.1 Å². The number of likely N-dealkylation sites (N-methyl/N-ethyl adjacent to an activating group) is 1. The molecule has 0 N–H and O–H groups in total. The van der Waals surface area contributed by atoms with Crippen LogP contribution in [0.5, 0.6) is 0 Å². The Morgan fingerprint density at radius 2 is 1.74 bits per heavy atom. The zero-order valence-electron chi connectivity index (χ0n) is 21.2. The summed E-state index contributed by atoms with van der Waals surface area (Å²) in [5.74, 6) is 0.685. The molecule has 2 aromatic rings. The van der Waals surface area contributed by atoms with E-state index in [0.29, 0.717) is 36.4 Å². The smallest absolute Gasteiger partial charge is 0.257 e. The van der Waals surface area contributed by atoms with Crippen LogP contribution in [0.15, 0.2) is 41.0 Å². The number of piperidine rings is 1. The maximum Gasteiger partial charge on any atom is 0.257 e. The van der Waals surface area contributed by atoms with E-state index in [2.05, 4.69) is 27.7 Å². The fourth-order valence-electron chi connectivity index (χ4n) is 5.96. The quantitative estimate of drug-likeness (QED) is 0.576. The molecule has 1 aromatic heterocycles. The number of carbonyl (C=O) groups excluding carboxylic acids is 2. The van der Waals surface area contributed by atoms with Crippen molar-refractivity contribution in [3.8, 4) is 0 Å². The summed E-state index contributed by atoms with van der Waals surface area (Å²) >= 11 is 0. The van der Waals surface area contributed by atoms with Gasteiger partial charge in [0.15, 0.2) is 0 Å². The van der Waals surface area contributed by atoms with Crippen molar-refractivity contribution in [2.24, 2.45) is 22.7 Å². The Kier molecular flexibility index (Phi) is 6.38. The third-order valence-corrected chi connectivity index (χ3v) is 8.96. The van der Waals surface area contributed by atoms with E-state index < -0.39 is 0 Å². The third-order valence-electron chi connectivity index (χ3n) is 8.96. The SMILES string of the molecule is Cc1occc1C(=O)N(C)[C@H](Cc1ccccc1F)C1CCN(C(=O)C2C(C)(C)C2(C)C)CC1. The van der Waals surface area contributed by atoms with Gasteiger partial charge in [0, 0.05) is 32.1 Å². The number of carbonyl (C=O) groups is 2. The molecule has 1 aliphatic heterocycles. The van der Waals surface area contributed by atoms with Gasteiger partial charge < -0.3 is 14.2 Å². The zero-order chi connectivity index (χ0) is 24.8. The molecule has 0 bridgehead atoms. The number of furan rings is 1. The molecule has 1 atom stereocenters. The van der Waals surface area contributed by atoms with Gasteiger partial charge in [0.25, 0.3) is 5.91 Å². The maximum absolute atomic E-state index is 14.6. The summed E-state index contributed by atoms with van der Waals surface area (Å²) in [5, 5.41) is 0. The Bertz CT molecular complexity index is 1050. The van der Waals surface area contributed by atoms with Crippen LogP contribution in [0.2, 0.25) is 0 Å². The molecule has 0 radical (unpaired) electrons. The van der Waals surface area contributed by atoms with Gasteiger partial charge in [0.1, 0.15) is 11.6 Å². The molecule has 34 heavy (non-hydrogen) atoms. The molecule has 4 rings (SSSR count). The molecule has 1 saturated heterocycles. The minimum absolute atomic E-state index is 0.0173. The van der Waals surface area contributed by atoms with Gasteiger partial charge in [0.2, 0.25) is 5.91 Å². The number of benzene rings is 1. The predicted octanol–water partition coefficient (Wildman–Crippen LogP) is 5.33. The molecule has 1 aromatic carbocycles. The van der Waals surface area contributed by atoms with E-state index in [1.807, 2.05) is 11.0 Å². The fourth-order valence-corrected chi connectivity index (χ4v) is 5.96. The highest BCUT2D eigenvalue weighted by Crippen LogP contribution is 2.68. The van der Waals surface area contributed by atoms with Crippen LogP contribution in [0.25, 0.3) is 0 Å². The molecule has 184 valence electrons. The minimum atomic E-state index is -0.251. The van der Waals surface area contributed by atoms with Gasteiger partial charge in [-0.15, -0.1) is 0 Å². The van der Waals surface area contributed by atoms with E-state index in [9.17, 15) is 14.0 Å². The Labute approximate surface area is 202 Å². The first-order chi connectivity index (χ1) is 16.0. The van der Waals surface area contributed by atoms with Crippen LogP contribution in [0.3, 0.4) is 0 Å². The molecule has 2 heterocycles. The van der Waals surface area contributed by atoms with Crippen LogP contribution in [0.4, 0.5) is 4.39 Å². The lowest BCUT2D eigenvalue weighted by Gasteiger charge is -2.40. The fraction of sp³-hybridized carbons (Fsp3) is 0.571. The van der Waals surface area contributed by atoms with Crippen LogP contribution in [0, 0.1) is 35.4 Å². The molecule has 6 heteroatoms. The third kappa shape index (κ3) is 4.16. The van der Waals surface area contributed by atoms with E-state index in [4.69, 9.17) is 4.42 Å². The molecule has 2 fully saturated rings. The Morgan fingerprint density at radius 1 is 1.12 bits per heavy atom. The second-order valence-corrected chi connectivity index (χ2v) is 11.2. The molecular formula is C28H37FN2O3. The lowest BCUT2D eigenvalue weighted by molar-refractivity contribution is -0.135. The Hall–Kier alpha value is -2.63. The maximum atomic E-state index is 14.6. The van der Waals surface area contributed by atoms with E-state index in [1.165, 1.54) is 12.3 Å². The zero-order valence-corrected chi connectivity index (χ0v) is 21.2. The lowest BCUT2D eigenvalue weighted by atomic mass is 9.84. The number of likely N-dealkylation sites (tertiary alicyclic amines) is 1. The van der Waals surface area contributed by atoms with Crippen molar-refractivity contribution in [2.45, 2.75) is 59.9 Å². The summed E-state index contributed by atoms with van der Waals surface area (Å²) in [6, 6.07) is 8.29. The Morgan fingerprint density at radius 3 is 2.26 bits per heavy atom. The van der Waals surface area contributed by atoms with Gasteiger partial charge in [-0.3, -0.25) is 9.59 Å². The summed E-state index contributed by atoms with van der Waals surface area (Å²) in [7, 11) is 1.80. The van der Waals surface area contributed by atoms with E-state index in [-0.39, 0.29) is 46.3 Å². The van der Waals surface area contributed by atoms with Crippen LogP contribution in [-0.4, -0.2) is 47.8 Å². The second kappa shape index (κ2) is 8.86. The standard InChI is InChI=1S/C28H37FN2O3/c1-18-21(13-16-34-18)25(32)30(6)23(17-20-9-7-8-10-22(20)29)19-11-14-31(15-12-19)26(33)24-27(2,3)28(24,4)5/h7-10,13,16,19,23-24H,11-12,14-15,17H2,1-6H3/t23-/m1/s1. The van der Waals surface area contributed by atoms with Crippen molar-refractivity contribution >= 4 is 11.8 Å². The molecule has 0 unspecified atom stereocenters. The van der Waals surface area contributed by atoms with Crippen molar-refractivity contribution in [3.63, 3.8) is 0 Å². The first-order valence-corrected chi connectivity index (χ1v) is 12.3. The number of hydrogen-bond donors (Lipinski definition) is 0. The molecule has 2 aliphatic rings. The topological polar surface area (TPSA) is 53.8 Å². The minimum Gasteiger partial charge on any atom is -0.469 e. The summed E-state index contributed by atoms with van der Waals surface area (Å²) in [6.07, 6.45) is 3.54. The van der Waals surface area contributed by atoms with Gasteiger partial charge in [-0.05, 0) is 60.6 Å². The number of rotatable bonds is 6. The van der Waals surface area contributed by atoms with Crippen molar-refractivity contribution in [3.05, 3.63) is 59.3 Å². The van der Waals surface area contributed by atoms with Crippen molar-refractivity contribution in [1.29, 1.82) is 0 Å². The largest absolute Gasteiger partial charge is 0.469 e. The van der Waals surface area contributed by atoms with Crippen LogP contribution in [0.1, 0.15) is 62.2 Å². The highest BCUT2D eigenvalue weighted by Gasteiger charge is 2.68. The number of aryl methyl sites for hydroxylation is 1. The molecule has 5 nitrogen and oxygen atoms in total. The molecular weight excluding hydrogens is 431 g/mol. The Balaban J connectivity index is 1.51. The van der Waals surface area contributed by atoms with E-state index in [0.717, 1.165) is 12.8 Å². The van der Waals surface area contributed by atoms with Gasteiger partial charge in [-0.2, -0.15) is 0 Å². The average molecular weight is 469 g/mol. The lowest BCUT2D eigenvalue weighted by Crippen LogP contribution is -2.49. The molecule has 1 saturated carbocycles. The number of halogens is 1. The van der Waals surface area contributed by atoms with Gasteiger partial charge >= 0.3 is 0 Å². The van der Waals surface area contributed by atoms with Gasteiger partial charge in [-0.25, -0.2) is 4.39 Å². The van der Waals surface area contributed by atoms with E-state index in [1.54, 1.807) is 37.1 Å². The monoisotopic (exact) mass is 468 g/mol. The molecule has 0 spiro atoms. The van der Waals surface area contributed by atoms with Crippen LogP contribution >= 0.6 is 0 Å². The highest BCUT2D eigenvalue weighted by molar-refractivity contribution is 5.95. The molecule has 2 amide bonds. The number of hydrogen-bond acceptors (Lipinski definition) is 3. The van der Waals surface area contributed by atoms with Gasteiger partial charge in [-0.1, -0.05) is 45.9 Å². The summed E-state index contributed by atoms with van der Waals surface area (Å²) in [4.78, 5) is 30.3. The predicted molar refractivity (Wildman–Crippen MR) is 130 cm³/mol. The van der Waals surface area contributed by atoms with Crippen LogP contribution in [-0.2, 0) is 11.2 Å². The average Bonchev–Trinajstić information content (AvgIpc) is 3.06. The summed E-state index contributed by atoms with van der Waals surface area (Å²) in [5.41, 5.74) is 1.18. The summed E-state index contributed by atoms with van der Waals surface area (Å²) < 4.78 is 19.9. The van der Waals surface area contributed by atoms with Crippen LogP contribution < -0.4 is 0 Å². The second-order valence-electron chi connectivity index (χ2n) is 11.2. The normalized spacial score (nSPS) is 20.7. The highest BCUT2D eigenvalue weighted by atomic mass is 19.1.